The van der Waals surface area contributed by atoms with Crippen molar-refractivity contribution in [3.63, 3.8) is 0 Å². The van der Waals surface area contributed by atoms with E-state index < -0.39 is 6.10 Å². The van der Waals surface area contributed by atoms with Crippen molar-refractivity contribution in [1.82, 2.24) is 4.90 Å². The van der Waals surface area contributed by atoms with E-state index in [4.69, 9.17) is 19.3 Å². The van der Waals surface area contributed by atoms with Gasteiger partial charge in [-0.15, -0.1) is 0 Å². The number of rotatable bonds is 17. The molecule has 1 unspecified atom stereocenters. The van der Waals surface area contributed by atoms with E-state index in [2.05, 4.69) is 52.8 Å². The molecule has 0 bridgehead atoms. The monoisotopic (exact) mass is 539 g/mol. The fourth-order valence-corrected chi connectivity index (χ4v) is 5.60. The van der Waals surface area contributed by atoms with Gasteiger partial charge in [0.1, 0.15) is 6.10 Å². The van der Waals surface area contributed by atoms with Crippen LogP contribution < -0.4 is 0 Å². The summed E-state index contributed by atoms with van der Waals surface area (Å²) in [6.07, 6.45) is 11.3. The van der Waals surface area contributed by atoms with Crippen LogP contribution in [0.1, 0.15) is 93.4 Å². The minimum Gasteiger partial charge on any atom is -0.396 e. The Morgan fingerprint density at radius 2 is 1.87 bits per heavy atom. The molecule has 222 valence electrons. The zero-order valence-electron chi connectivity index (χ0n) is 25.6. The molecule has 7 nitrogen and oxygen atoms in total. The standard InChI is InChI=1S/C31H57NO6/c1-22(20-31(6,7)38-26(5)30(36-9)25(4)34)14-13-15-23(2)29-24(3)17-18-27(37-29)21-32(8)28(35)16-11-10-12-19-33/h13-15,22,24-27,29-30,33-34H,10-12,16-21H2,1-9H3/b14-13+,23-15+/t22-,24+,25-,26?,27-,29-,30+/m1/s1. The Bertz CT molecular complexity index is 734. The first-order valence-corrected chi connectivity index (χ1v) is 14.5. The molecule has 0 aromatic rings. The highest BCUT2D eigenvalue weighted by Crippen LogP contribution is 2.30. The van der Waals surface area contributed by atoms with Crippen molar-refractivity contribution in [3.8, 4) is 0 Å². The van der Waals surface area contributed by atoms with Crippen LogP contribution in [-0.4, -0.2) is 84.5 Å². The van der Waals surface area contributed by atoms with Gasteiger partial charge in [-0.25, -0.2) is 0 Å². The van der Waals surface area contributed by atoms with Gasteiger partial charge in [0, 0.05) is 33.7 Å². The van der Waals surface area contributed by atoms with Crippen LogP contribution in [-0.2, 0) is 19.0 Å². The summed E-state index contributed by atoms with van der Waals surface area (Å²) in [5, 5.41) is 18.8. The maximum absolute atomic E-state index is 12.5. The predicted molar refractivity (Wildman–Crippen MR) is 154 cm³/mol. The smallest absolute Gasteiger partial charge is 0.222 e. The van der Waals surface area contributed by atoms with Gasteiger partial charge < -0.3 is 29.3 Å². The van der Waals surface area contributed by atoms with E-state index in [0.29, 0.717) is 24.8 Å². The number of hydrogen-bond acceptors (Lipinski definition) is 6. The Hall–Kier alpha value is -1.25. The summed E-state index contributed by atoms with van der Waals surface area (Å²) in [7, 11) is 3.47. The number of methoxy groups -OCH3 is 1. The molecule has 1 saturated heterocycles. The van der Waals surface area contributed by atoms with Crippen LogP contribution in [0.2, 0.25) is 0 Å². The summed E-state index contributed by atoms with van der Waals surface area (Å²) < 4.78 is 18.1. The van der Waals surface area contributed by atoms with E-state index in [1.54, 1.807) is 18.9 Å². The molecule has 38 heavy (non-hydrogen) atoms. The van der Waals surface area contributed by atoms with Crippen LogP contribution in [0.4, 0.5) is 0 Å². The van der Waals surface area contributed by atoms with Gasteiger partial charge in [0.2, 0.25) is 5.91 Å². The van der Waals surface area contributed by atoms with E-state index in [-0.39, 0.29) is 42.5 Å². The van der Waals surface area contributed by atoms with Gasteiger partial charge in [-0.3, -0.25) is 4.79 Å². The lowest BCUT2D eigenvalue weighted by molar-refractivity contribution is -0.149. The molecule has 0 radical (unpaired) electrons. The summed E-state index contributed by atoms with van der Waals surface area (Å²) in [4.78, 5) is 14.3. The Morgan fingerprint density at radius 3 is 2.47 bits per heavy atom. The summed E-state index contributed by atoms with van der Waals surface area (Å²) in [6.45, 7) is 15.2. The van der Waals surface area contributed by atoms with Crippen molar-refractivity contribution in [2.75, 3.05) is 27.3 Å². The number of aliphatic hydroxyl groups is 2. The first kappa shape index (κ1) is 34.8. The van der Waals surface area contributed by atoms with Gasteiger partial charge in [-0.05, 0) is 84.1 Å². The van der Waals surface area contributed by atoms with Crippen molar-refractivity contribution in [2.45, 2.75) is 130 Å². The van der Waals surface area contributed by atoms with Gasteiger partial charge in [0.05, 0.1) is 30.0 Å². The topological polar surface area (TPSA) is 88.5 Å². The largest absolute Gasteiger partial charge is 0.396 e. The van der Waals surface area contributed by atoms with Crippen molar-refractivity contribution in [1.29, 1.82) is 0 Å². The number of hydrogen-bond donors (Lipinski definition) is 2. The third kappa shape index (κ3) is 12.7. The number of aliphatic hydroxyl groups excluding tert-OH is 2. The zero-order valence-corrected chi connectivity index (χ0v) is 25.6. The van der Waals surface area contributed by atoms with Crippen LogP contribution >= 0.6 is 0 Å². The number of allylic oxidation sites excluding steroid dienone is 3. The average molecular weight is 540 g/mol. The fraction of sp³-hybridized carbons (Fsp3) is 0.839. The lowest BCUT2D eigenvalue weighted by Crippen LogP contribution is -2.42. The second-order valence-electron chi connectivity index (χ2n) is 12.0. The average Bonchev–Trinajstić information content (AvgIpc) is 2.82. The number of likely N-dealkylation sites (N-methyl/N-ethyl adjacent to an activating group) is 1. The van der Waals surface area contributed by atoms with Gasteiger partial charge in [-0.1, -0.05) is 38.5 Å². The Kier molecular flexibility index (Phi) is 16.0. The Morgan fingerprint density at radius 1 is 1.18 bits per heavy atom. The van der Waals surface area contributed by atoms with Crippen molar-refractivity contribution in [2.24, 2.45) is 11.8 Å². The fourth-order valence-electron chi connectivity index (χ4n) is 5.60. The molecule has 0 saturated carbocycles. The van der Waals surface area contributed by atoms with Gasteiger partial charge in [0.15, 0.2) is 0 Å². The number of unbranched alkanes of at least 4 members (excludes halogenated alkanes) is 2. The van der Waals surface area contributed by atoms with E-state index >= 15 is 0 Å². The molecule has 7 heteroatoms. The minimum absolute atomic E-state index is 0.0475. The second-order valence-corrected chi connectivity index (χ2v) is 12.0. The summed E-state index contributed by atoms with van der Waals surface area (Å²) in [6, 6.07) is 0. The zero-order chi connectivity index (χ0) is 28.9. The maximum atomic E-state index is 12.5. The quantitative estimate of drug-likeness (QED) is 0.193. The van der Waals surface area contributed by atoms with E-state index in [1.165, 1.54) is 5.57 Å². The lowest BCUT2D eigenvalue weighted by Gasteiger charge is -2.37. The van der Waals surface area contributed by atoms with Gasteiger partial charge in [-0.2, -0.15) is 0 Å². The Balaban J connectivity index is 2.63. The molecule has 0 aromatic heterocycles. The number of carbonyl (C=O) groups is 1. The highest BCUT2D eigenvalue weighted by Gasteiger charge is 2.31. The number of carbonyl (C=O) groups excluding carboxylic acids is 1. The van der Waals surface area contributed by atoms with E-state index in [1.807, 2.05) is 14.0 Å². The lowest BCUT2D eigenvalue weighted by atomic mass is 9.88. The highest BCUT2D eigenvalue weighted by molar-refractivity contribution is 5.75. The highest BCUT2D eigenvalue weighted by atomic mass is 16.6. The first-order valence-electron chi connectivity index (χ1n) is 14.5. The number of amides is 1. The van der Waals surface area contributed by atoms with Crippen LogP contribution in [0.15, 0.2) is 23.8 Å². The van der Waals surface area contributed by atoms with Crippen molar-refractivity contribution < 1.29 is 29.2 Å². The summed E-state index contributed by atoms with van der Waals surface area (Å²) in [5.41, 5.74) is 0.844. The molecule has 1 heterocycles. The molecule has 1 amide bonds. The number of ether oxygens (including phenoxy) is 3. The SMILES string of the molecule is CO[C@H](C(C)OC(C)(C)C[C@H](C)/C=C/C=C(\C)[C@H]1O[C@@H](CN(C)C(=O)CCCCCO)CC[C@@H]1C)[C@@H](C)O. The third-order valence-corrected chi connectivity index (χ3v) is 7.53. The molecule has 1 aliphatic heterocycles. The van der Waals surface area contributed by atoms with Gasteiger partial charge >= 0.3 is 0 Å². The molecular weight excluding hydrogens is 482 g/mol. The molecule has 0 aliphatic carbocycles. The van der Waals surface area contributed by atoms with Crippen LogP contribution in [0, 0.1) is 11.8 Å². The minimum atomic E-state index is -0.594. The molecular formula is C31H57NO6. The summed E-state index contributed by atoms with van der Waals surface area (Å²) >= 11 is 0. The molecule has 1 aliphatic rings. The molecule has 0 spiro atoms. The van der Waals surface area contributed by atoms with Crippen LogP contribution in [0.25, 0.3) is 0 Å². The van der Waals surface area contributed by atoms with Crippen LogP contribution in [0.3, 0.4) is 0 Å². The molecule has 1 rings (SSSR count). The van der Waals surface area contributed by atoms with Gasteiger partial charge in [0.25, 0.3) is 0 Å². The van der Waals surface area contributed by atoms with Crippen LogP contribution in [0.5, 0.6) is 0 Å². The van der Waals surface area contributed by atoms with Crippen molar-refractivity contribution >= 4 is 5.91 Å². The molecule has 1 fully saturated rings. The first-order chi connectivity index (χ1) is 17.8. The van der Waals surface area contributed by atoms with E-state index in [0.717, 1.165) is 38.5 Å². The summed E-state index contributed by atoms with van der Waals surface area (Å²) in [5.74, 6) is 0.892. The number of nitrogens with zero attached hydrogens (tertiary/aromatic N) is 1. The van der Waals surface area contributed by atoms with E-state index in [9.17, 15) is 9.90 Å². The normalized spacial score (nSPS) is 24.3. The molecule has 2 N–H and O–H groups in total. The molecule has 0 aromatic carbocycles. The predicted octanol–water partition coefficient (Wildman–Crippen LogP) is 5.29. The molecule has 7 atom stereocenters. The second kappa shape index (κ2) is 17.4. The maximum Gasteiger partial charge on any atom is 0.222 e. The van der Waals surface area contributed by atoms with Crippen molar-refractivity contribution in [3.05, 3.63) is 23.8 Å². The third-order valence-electron chi connectivity index (χ3n) is 7.53. The Labute approximate surface area is 232 Å².